The van der Waals surface area contributed by atoms with Gasteiger partial charge in [0, 0.05) is 11.4 Å². The third kappa shape index (κ3) is 3.89. The Morgan fingerprint density at radius 1 is 0.939 bits per heavy atom. The van der Waals surface area contributed by atoms with Gasteiger partial charge in [0.25, 0.3) is 11.8 Å². The van der Waals surface area contributed by atoms with Crippen LogP contribution in [0.25, 0.3) is 11.8 Å². The highest BCUT2D eigenvalue weighted by Crippen LogP contribution is 2.29. The van der Waals surface area contributed by atoms with Gasteiger partial charge in [0.1, 0.15) is 5.57 Å². The highest BCUT2D eigenvalue weighted by molar-refractivity contribution is 6.39. The summed E-state index contributed by atoms with van der Waals surface area (Å²) < 4.78 is 2.16. The molecule has 0 bridgehead atoms. The molecule has 0 spiro atoms. The molecule has 4 amide bonds. The minimum atomic E-state index is -0.746. The van der Waals surface area contributed by atoms with Gasteiger partial charge in [0.2, 0.25) is 0 Å². The number of nitrogens with zero attached hydrogens (tertiary/aromatic N) is 2. The van der Waals surface area contributed by atoms with Crippen molar-refractivity contribution < 1.29 is 14.4 Å². The van der Waals surface area contributed by atoms with Crippen LogP contribution in [-0.2, 0) is 16.0 Å². The maximum absolute atomic E-state index is 13.2. The Bertz CT molecular complexity index is 1310. The van der Waals surface area contributed by atoms with Gasteiger partial charge in [-0.05, 0) is 75.1 Å². The number of rotatable bonds is 4. The van der Waals surface area contributed by atoms with E-state index >= 15 is 0 Å². The molecule has 1 aliphatic rings. The van der Waals surface area contributed by atoms with Crippen LogP contribution in [0.5, 0.6) is 0 Å². The molecule has 1 saturated heterocycles. The Morgan fingerprint density at radius 3 is 2.30 bits per heavy atom. The van der Waals surface area contributed by atoms with E-state index in [1.165, 1.54) is 5.56 Å². The minimum Gasteiger partial charge on any atom is -0.317 e. The second-order valence-electron chi connectivity index (χ2n) is 8.39. The molecule has 4 rings (SSSR count). The third-order valence-corrected chi connectivity index (χ3v) is 6.09. The Labute approximate surface area is 193 Å². The molecular weight excluding hydrogens is 414 g/mol. The Hall–Kier alpha value is -3.93. The van der Waals surface area contributed by atoms with E-state index in [-0.39, 0.29) is 5.57 Å². The fourth-order valence-corrected chi connectivity index (χ4v) is 4.34. The summed E-state index contributed by atoms with van der Waals surface area (Å²) in [5, 5.41) is 2.30. The summed E-state index contributed by atoms with van der Waals surface area (Å²) in [5.74, 6) is -1.33. The molecule has 1 aromatic heterocycles. The molecule has 1 aliphatic heterocycles. The molecule has 168 valence electrons. The predicted octanol–water partition coefficient (Wildman–Crippen LogP) is 4.94. The number of carbonyl (C=O) groups excluding carboxylic acids is 3. The summed E-state index contributed by atoms with van der Waals surface area (Å²) >= 11 is 0. The summed E-state index contributed by atoms with van der Waals surface area (Å²) in [6.07, 6.45) is 2.47. The van der Waals surface area contributed by atoms with Crippen LogP contribution >= 0.6 is 0 Å². The number of anilines is 1. The number of carbonyl (C=O) groups is 3. The Balaban J connectivity index is 1.80. The third-order valence-electron chi connectivity index (χ3n) is 6.09. The molecule has 33 heavy (non-hydrogen) atoms. The van der Waals surface area contributed by atoms with Crippen molar-refractivity contribution in [3.8, 4) is 5.69 Å². The van der Waals surface area contributed by atoms with Gasteiger partial charge in [-0.2, -0.15) is 0 Å². The molecule has 0 aliphatic carbocycles. The molecule has 2 aromatic carbocycles. The van der Waals surface area contributed by atoms with Crippen molar-refractivity contribution in [3.05, 3.63) is 87.7 Å². The van der Waals surface area contributed by atoms with E-state index in [2.05, 4.69) is 41.9 Å². The predicted molar refractivity (Wildman–Crippen MR) is 130 cm³/mol. The fourth-order valence-electron chi connectivity index (χ4n) is 4.34. The maximum atomic E-state index is 13.2. The van der Waals surface area contributed by atoms with Gasteiger partial charge in [0.15, 0.2) is 0 Å². The molecule has 0 saturated carbocycles. The van der Waals surface area contributed by atoms with Crippen molar-refractivity contribution in [1.29, 1.82) is 0 Å². The zero-order chi connectivity index (χ0) is 23.9. The number of urea groups is 1. The summed E-state index contributed by atoms with van der Waals surface area (Å²) in [7, 11) is 0. The molecule has 0 atom stereocenters. The van der Waals surface area contributed by atoms with Crippen LogP contribution in [0.3, 0.4) is 0 Å². The lowest BCUT2D eigenvalue weighted by atomic mass is 10.0. The summed E-state index contributed by atoms with van der Waals surface area (Å²) in [4.78, 5) is 39.3. The fraction of sp³-hybridized carbons (Fsp3) is 0.222. The number of aryl methyl sites for hydroxylation is 4. The van der Waals surface area contributed by atoms with Crippen molar-refractivity contribution in [2.24, 2.45) is 0 Å². The molecule has 0 unspecified atom stereocenters. The van der Waals surface area contributed by atoms with Gasteiger partial charge in [-0.25, -0.2) is 9.69 Å². The van der Waals surface area contributed by atoms with Crippen LogP contribution in [-0.4, -0.2) is 22.4 Å². The first-order valence-corrected chi connectivity index (χ1v) is 11.0. The number of imide groups is 2. The van der Waals surface area contributed by atoms with E-state index in [4.69, 9.17) is 0 Å². The van der Waals surface area contributed by atoms with Gasteiger partial charge >= 0.3 is 6.03 Å². The molecule has 6 heteroatoms. The zero-order valence-corrected chi connectivity index (χ0v) is 19.5. The van der Waals surface area contributed by atoms with Crippen molar-refractivity contribution in [2.75, 3.05) is 4.90 Å². The number of para-hydroxylation sites is 1. The van der Waals surface area contributed by atoms with Crippen LogP contribution in [0.4, 0.5) is 10.5 Å². The van der Waals surface area contributed by atoms with Gasteiger partial charge in [-0.1, -0.05) is 42.8 Å². The maximum Gasteiger partial charge on any atom is 0.335 e. The molecule has 6 nitrogen and oxygen atoms in total. The number of amides is 4. The van der Waals surface area contributed by atoms with E-state index in [9.17, 15) is 14.4 Å². The highest BCUT2D eigenvalue weighted by atomic mass is 16.2. The second kappa shape index (κ2) is 8.54. The first-order valence-electron chi connectivity index (χ1n) is 11.0. The summed E-state index contributed by atoms with van der Waals surface area (Å²) in [5.41, 5.74) is 7.52. The van der Waals surface area contributed by atoms with Crippen LogP contribution in [0.2, 0.25) is 0 Å². The lowest BCUT2D eigenvalue weighted by molar-refractivity contribution is -0.122. The summed E-state index contributed by atoms with van der Waals surface area (Å²) in [6.45, 7) is 10.1. The number of aromatic nitrogens is 1. The van der Waals surface area contributed by atoms with E-state index in [0.717, 1.165) is 45.1 Å². The molecular formula is C27H27N3O3. The average Bonchev–Trinajstić information content (AvgIpc) is 3.05. The molecule has 1 fully saturated rings. The van der Waals surface area contributed by atoms with Crippen molar-refractivity contribution in [2.45, 2.75) is 41.0 Å². The van der Waals surface area contributed by atoms with Gasteiger partial charge in [-0.15, -0.1) is 0 Å². The number of nitrogens with one attached hydrogen (secondary N) is 1. The van der Waals surface area contributed by atoms with Crippen LogP contribution < -0.4 is 10.2 Å². The molecule has 1 N–H and O–H groups in total. The van der Waals surface area contributed by atoms with Gasteiger partial charge < -0.3 is 4.57 Å². The topological polar surface area (TPSA) is 71.4 Å². The van der Waals surface area contributed by atoms with Gasteiger partial charge in [0.05, 0.1) is 11.4 Å². The Kier molecular flexibility index (Phi) is 5.77. The average molecular weight is 442 g/mol. The highest BCUT2D eigenvalue weighted by Gasteiger charge is 2.37. The Morgan fingerprint density at radius 2 is 1.64 bits per heavy atom. The van der Waals surface area contributed by atoms with Crippen molar-refractivity contribution >= 4 is 29.6 Å². The summed E-state index contributed by atoms with van der Waals surface area (Å²) in [6, 6.07) is 14.5. The van der Waals surface area contributed by atoms with Crippen LogP contribution in [0.1, 0.15) is 40.6 Å². The molecule has 2 heterocycles. The van der Waals surface area contributed by atoms with Gasteiger partial charge in [-0.3, -0.25) is 14.9 Å². The number of barbiturate groups is 1. The molecule has 0 radical (unpaired) electrons. The van der Waals surface area contributed by atoms with E-state index in [1.807, 2.05) is 39.0 Å². The lowest BCUT2D eigenvalue weighted by Gasteiger charge is -2.26. The quantitative estimate of drug-likeness (QED) is 0.460. The first-order chi connectivity index (χ1) is 15.7. The SMILES string of the molecule is CCc1cccc(C)c1-n1c(C)cc(/C=C2\C(=O)NC(=O)N(c3ccc(C)cc3)C2=O)c1C. The second-order valence-corrected chi connectivity index (χ2v) is 8.39. The van der Waals surface area contributed by atoms with Crippen LogP contribution in [0.15, 0.2) is 54.1 Å². The zero-order valence-electron chi connectivity index (χ0n) is 19.5. The van der Waals surface area contributed by atoms with Crippen LogP contribution in [0, 0.1) is 27.7 Å². The standard InChI is InChI=1S/C27H27N3O3/c1-6-20-9-7-8-17(3)24(20)29-18(4)14-21(19(29)5)15-23-25(31)28-27(33)30(26(23)32)22-12-10-16(2)11-13-22/h7-15H,6H2,1-5H3,(H,28,31,33)/b23-15+. The number of benzene rings is 2. The molecule has 3 aromatic rings. The smallest absolute Gasteiger partial charge is 0.317 e. The number of hydrogen-bond acceptors (Lipinski definition) is 3. The first kappa shape index (κ1) is 22.3. The largest absolute Gasteiger partial charge is 0.335 e. The number of hydrogen-bond donors (Lipinski definition) is 1. The van der Waals surface area contributed by atoms with E-state index < -0.39 is 17.8 Å². The van der Waals surface area contributed by atoms with E-state index in [1.54, 1.807) is 18.2 Å². The lowest BCUT2D eigenvalue weighted by Crippen LogP contribution is -2.54. The minimum absolute atomic E-state index is 0.0732. The van der Waals surface area contributed by atoms with Crippen molar-refractivity contribution in [3.63, 3.8) is 0 Å². The van der Waals surface area contributed by atoms with Crippen molar-refractivity contribution in [1.82, 2.24) is 9.88 Å². The normalized spacial score (nSPS) is 15.4. The monoisotopic (exact) mass is 441 g/mol. The van der Waals surface area contributed by atoms with E-state index in [0.29, 0.717) is 5.69 Å².